The normalized spacial score (nSPS) is 25.6. The largest absolute Gasteiger partial charge is 0.366 e. The minimum absolute atomic E-state index is 0.207. The monoisotopic (exact) mass is 345 g/mol. The third-order valence-corrected chi connectivity index (χ3v) is 5.81. The van der Waals surface area contributed by atoms with Crippen molar-refractivity contribution in [3.05, 3.63) is 18.1 Å². The molecular formula is C19H31N5O. The second-order valence-corrected chi connectivity index (χ2v) is 7.89. The van der Waals surface area contributed by atoms with Crippen molar-refractivity contribution in [2.24, 2.45) is 11.8 Å². The highest BCUT2D eigenvalue weighted by Gasteiger charge is 2.38. The molecule has 1 aromatic rings. The van der Waals surface area contributed by atoms with E-state index in [2.05, 4.69) is 34.0 Å². The zero-order valence-corrected chi connectivity index (χ0v) is 15.9. The van der Waals surface area contributed by atoms with E-state index in [1.165, 1.54) is 0 Å². The topological polar surface area (TPSA) is 61.4 Å². The van der Waals surface area contributed by atoms with E-state index in [1.807, 2.05) is 17.9 Å². The van der Waals surface area contributed by atoms with E-state index in [1.54, 1.807) is 13.3 Å². The zero-order valence-electron chi connectivity index (χ0n) is 15.9. The first-order valence-corrected chi connectivity index (χ1v) is 9.48. The standard InChI is InChI=1S/C19H31N5O/c1-13(2)17-10-24(16-5-7-23(8-6-16)15(4)25)11-18(17)22-19-9-14(3)20-12-21-19/h9,12-13,16-18H,5-8,10-11H2,1-4H3,(H,20,21,22)/t17-,18+/m1/s1. The van der Waals surface area contributed by atoms with E-state index >= 15 is 0 Å². The number of hydrogen-bond acceptors (Lipinski definition) is 5. The third kappa shape index (κ3) is 4.29. The van der Waals surface area contributed by atoms with Crippen molar-refractivity contribution >= 4 is 11.7 Å². The summed E-state index contributed by atoms with van der Waals surface area (Å²) < 4.78 is 0. The molecular weight excluding hydrogens is 314 g/mol. The van der Waals surface area contributed by atoms with Gasteiger partial charge in [-0.25, -0.2) is 9.97 Å². The van der Waals surface area contributed by atoms with Crippen LogP contribution in [0.5, 0.6) is 0 Å². The Hall–Kier alpha value is -1.69. The molecule has 2 fully saturated rings. The molecule has 25 heavy (non-hydrogen) atoms. The second-order valence-electron chi connectivity index (χ2n) is 7.89. The molecule has 138 valence electrons. The first-order valence-electron chi connectivity index (χ1n) is 9.48. The number of hydrogen-bond donors (Lipinski definition) is 1. The minimum Gasteiger partial charge on any atom is -0.366 e. The summed E-state index contributed by atoms with van der Waals surface area (Å²) in [6.07, 6.45) is 3.81. The van der Waals surface area contributed by atoms with Crippen LogP contribution in [0.1, 0.15) is 39.3 Å². The van der Waals surface area contributed by atoms with Gasteiger partial charge in [-0.3, -0.25) is 9.69 Å². The van der Waals surface area contributed by atoms with Crippen molar-refractivity contribution in [3.8, 4) is 0 Å². The molecule has 1 amide bonds. The number of nitrogens with zero attached hydrogens (tertiary/aromatic N) is 4. The Kier molecular flexibility index (Phi) is 5.57. The smallest absolute Gasteiger partial charge is 0.219 e. The second kappa shape index (κ2) is 7.68. The van der Waals surface area contributed by atoms with Crippen LogP contribution >= 0.6 is 0 Å². The van der Waals surface area contributed by atoms with E-state index in [0.717, 1.165) is 50.5 Å². The van der Waals surface area contributed by atoms with Gasteiger partial charge in [0, 0.05) is 56.9 Å². The summed E-state index contributed by atoms with van der Waals surface area (Å²) in [5, 5.41) is 3.65. The maximum atomic E-state index is 11.5. The van der Waals surface area contributed by atoms with E-state index in [9.17, 15) is 4.79 Å². The number of rotatable bonds is 4. The van der Waals surface area contributed by atoms with Crippen LogP contribution in [-0.4, -0.2) is 63.9 Å². The Labute approximate surface area is 151 Å². The lowest BCUT2D eigenvalue weighted by Gasteiger charge is -2.36. The molecule has 1 N–H and O–H groups in total. The zero-order chi connectivity index (χ0) is 18.0. The van der Waals surface area contributed by atoms with E-state index < -0.39 is 0 Å². The summed E-state index contributed by atoms with van der Waals surface area (Å²) >= 11 is 0. The van der Waals surface area contributed by atoms with Gasteiger partial charge >= 0.3 is 0 Å². The van der Waals surface area contributed by atoms with Crippen molar-refractivity contribution in [1.29, 1.82) is 0 Å². The fraction of sp³-hybridized carbons (Fsp3) is 0.737. The van der Waals surface area contributed by atoms with Crippen molar-refractivity contribution in [2.75, 3.05) is 31.5 Å². The molecule has 2 atom stereocenters. The molecule has 6 nitrogen and oxygen atoms in total. The Morgan fingerprint density at radius 3 is 2.56 bits per heavy atom. The van der Waals surface area contributed by atoms with Gasteiger partial charge in [-0.2, -0.15) is 0 Å². The summed E-state index contributed by atoms with van der Waals surface area (Å²) in [7, 11) is 0. The van der Waals surface area contributed by atoms with Crippen LogP contribution in [0.4, 0.5) is 5.82 Å². The molecule has 0 aromatic carbocycles. The fourth-order valence-electron chi connectivity index (χ4n) is 4.26. The summed E-state index contributed by atoms with van der Waals surface area (Å²) in [6.45, 7) is 12.3. The molecule has 3 heterocycles. The van der Waals surface area contributed by atoms with Crippen LogP contribution in [0.2, 0.25) is 0 Å². The number of nitrogens with one attached hydrogen (secondary N) is 1. The third-order valence-electron chi connectivity index (χ3n) is 5.81. The van der Waals surface area contributed by atoms with Crippen LogP contribution < -0.4 is 5.32 Å². The van der Waals surface area contributed by atoms with Gasteiger partial charge in [0.25, 0.3) is 0 Å². The summed E-state index contributed by atoms with van der Waals surface area (Å²) in [5.41, 5.74) is 0.991. The molecule has 0 aliphatic carbocycles. The predicted octanol–water partition coefficient (Wildman–Crippen LogP) is 2.16. The maximum absolute atomic E-state index is 11.5. The molecule has 0 unspecified atom stereocenters. The number of carbonyl (C=O) groups excluding carboxylic acids is 1. The highest BCUT2D eigenvalue weighted by Crippen LogP contribution is 2.30. The number of aromatic nitrogens is 2. The number of anilines is 1. The molecule has 0 spiro atoms. The van der Waals surface area contributed by atoms with Crippen molar-refractivity contribution in [2.45, 2.75) is 52.6 Å². The first-order chi connectivity index (χ1) is 11.9. The molecule has 1 aromatic heterocycles. The van der Waals surface area contributed by atoms with Crippen LogP contribution in [-0.2, 0) is 4.79 Å². The number of amides is 1. The molecule has 2 aliphatic heterocycles. The van der Waals surface area contributed by atoms with Gasteiger partial charge in [0.05, 0.1) is 0 Å². The van der Waals surface area contributed by atoms with Crippen LogP contribution in [0.25, 0.3) is 0 Å². The SMILES string of the molecule is CC(=O)N1CCC(N2C[C@H](Nc3cc(C)ncn3)[C@@H](C(C)C)C2)CC1. The highest BCUT2D eigenvalue weighted by molar-refractivity contribution is 5.73. The van der Waals surface area contributed by atoms with Crippen LogP contribution in [0, 0.1) is 18.8 Å². The number of carbonyl (C=O) groups is 1. The fourth-order valence-corrected chi connectivity index (χ4v) is 4.26. The summed E-state index contributed by atoms with van der Waals surface area (Å²) in [6, 6.07) is 3.03. The van der Waals surface area contributed by atoms with Gasteiger partial charge in [-0.1, -0.05) is 13.8 Å². The summed E-state index contributed by atoms with van der Waals surface area (Å²) in [5.74, 6) is 2.37. The quantitative estimate of drug-likeness (QED) is 0.906. The Morgan fingerprint density at radius 1 is 1.24 bits per heavy atom. The molecule has 0 saturated carbocycles. The number of likely N-dealkylation sites (tertiary alicyclic amines) is 2. The molecule has 2 aliphatic rings. The van der Waals surface area contributed by atoms with Crippen molar-refractivity contribution in [1.82, 2.24) is 19.8 Å². The van der Waals surface area contributed by atoms with Gasteiger partial charge < -0.3 is 10.2 Å². The molecule has 2 saturated heterocycles. The van der Waals surface area contributed by atoms with Gasteiger partial charge in [0.2, 0.25) is 5.91 Å². The lowest BCUT2D eigenvalue weighted by molar-refractivity contribution is -0.130. The van der Waals surface area contributed by atoms with Gasteiger partial charge in [-0.15, -0.1) is 0 Å². The lowest BCUT2D eigenvalue weighted by Crippen LogP contribution is -2.46. The Morgan fingerprint density at radius 2 is 1.96 bits per heavy atom. The molecule has 0 radical (unpaired) electrons. The Balaban J connectivity index is 1.63. The number of piperidine rings is 1. The lowest BCUT2D eigenvalue weighted by atomic mass is 9.91. The van der Waals surface area contributed by atoms with Crippen LogP contribution in [0.3, 0.4) is 0 Å². The molecule has 0 bridgehead atoms. The van der Waals surface area contributed by atoms with E-state index in [4.69, 9.17) is 0 Å². The van der Waals surface area contributed by atoms with Crippen molar-refractivity contribution < 1.29 is 4.79 Å². The van der Waals surface area contributed by atoms with Crippen molar-refractivity contribution in [3.63, 3.8) is 0 Å². The van der Waals surface area contributed by atoms with Gasteiger partial charge in [-0.05, 0) is 31.6 Å². The average molecular weight is 345 g/mol. The first kappa shape index (κ1) is 18.1. The average Bonchev–Trinajstić information content (AvgIpc) is 2.99. The number of aryl methyl sites for hydroxylation is 1. The molecule has 3 rings (SSSR count). The summed E-state index contributed by atoms with van der Waals surface area (Å²) in [4.78, 5) is 24.7. The van der Waals surface area contributed by atoms with Crippen LogP contribution in [0.15, 0.2) is 12.4 Å². The molecule has 6 heteroatoms. The maximum Gasteiger partial charge on any atom is 0.219 e. The van der Waals surface area contributed by atoms with Gasteiger partial charge in [0.15, 0.2) is 0 Å². The van der Waals surface area contributed by atoms with E-state index in [0.29, 0.717) is 23.9 Å². The highest BCUT2D eigenvalue weighted by atomic mass is 16.2. The van der Waals surface area contributed by atoms with E-state index in [-0.39, 0.29) is 5.91 Å². The minimum atomic E-state index is 0.207. The Bertz CT molecular complexity index is 597. The predicted molar refractivity (Wildman–Crippen MR) is 99.4 cm³/mol. The van der Waals surface area contributed by atoms with Gasteiger partial charge in [0.1, 0.15) is 12.1 Å².